The molecule has 2 aromatic heterocycles. The van der Waals surface area contributed by atoms with Crippen LogP contribution >= 0.6 is 0 Å². The minimum Gasteiger partial charge on any atom is -0.480 e. The molecule has 1 aliphatic carbocycles. The molecule has 3 fully saturated rings. The molecule has 1 saturated carbocycles. The van der Waals surface area contributed by atoms with Gasteiger partial charge in [-0.1, -0.05) is 43.5 Å². The van der Waals surface area contributed by atoms with Gasteiger partial charge in [0.25, 0.3) is 0 Å². The molecule has 0 radical (unpaired) electrons. The Hall–Kier alpha value is -3.01. The highest BCUT2D eigenvalue weighted by atomic mass is 16.4. The van der Waals surface area contributed by atoms with Crippen LogP contribution in [0.5, 0.6) is 0 Å². The molecule has 42 heavy (non-hydrogen) atoms. The predicted octanol–water partition coefficient (Wildman–Crippen LogP) is 5.07. The van der Waals surface area contributed by atoms with Crippen LogP contribution in [-0.4, -0.2) is 77.5 Å². The van der Waals surface area contributed by atoms with Gasteiger partial charge in [-0.05, 0) is 75.2 Å². The van der Waals surface area contributed by atoms with Crippen molar-refractivity contribution in [3.63, 3.8) is 0 Å². The molecule has 3 aromatic rings. The monoisotopic (exact) mass is 573 g/mol. The molecule has 4 heterocycles. The van der Waals surface area contributed by atoms with Crippen LogP contribution in [-0.2, 0) is 31.0 Å². The van der Waals surface area contributed by atoms with Gasteiger partial charge in [0.2, 0.25) is 0 Å². The molecule has 2 aliphatic heterocycles. The van der Waals surface area contributed by atoms with Gasteiger partial charge in [-0.2, -0.15) is 0 Å². The van der Waals surface area contributed by atoms with E-state index in [9.17, 15) is 9.90 Å². The number of hydrogen-bond donors (Lipinski definition) is 2. The van der Waals surface area contributed by atoms with E-state index in [0.717, 1.165) is 30.8 Å². The number of benzene rings is 1. The Balaban J connectivity index is 1.04. The molecule has 9 nitrogen and oxygen atoms in total. The second-order valence-electron chi connectivity index (χ2n) is 13.1. The maximum absolute atomic E-state index is 11.6. The molecule has 2 saturated heterocycles. The van der Waals surface area contributed by atoms with Gasteiger partial charge in [0.05, 0.1) is 13.1 Å². The van der Waals surface area contributed by atoms with Crippen molar-refractivity contribution in [3.05, 3.63) is 71.8 Å². The van der Waals surface area contributed by atoms with Gasteiger partial charge in [0.15, 0.2) is 0 Å². The molecule has 6 rings (SSSR count). The van der Waals surface area contributed by atoms with Gasteiger partial charge in [-0.25, -0.2) is 14.8 Å². The van der Waals surface area contributed by atoms with Gasteiger partial charge in [-0.3, -0.25) is 9.80 Å². The van der Waals surface area contributed by atoms with Gasteiger partial charge in [-0.15, -0.1) is 0 Å². The van der Waals surface area contributed by atoms with E-state index in [0.29, 0.717) is 18.5 Å². The van der Waals surface area contributed by atoms with E-state index in [4.69, 9.17) is 0 Å². The van der Waals surface area contributed by atoms with E-state index >= 15 is 0 Å². The summed E-state index contributed by atoms with van der Waals surface area (Å²) in [4.78, 5) is 31.5. The Bertz CT molecular complexity index is 1270. The first-order valence-corrected chi connectivity index (χ1v) is 16.0. The smallest absolute Gasteiger partial charge is 0.326 e. The van der Waals surface area contributed by atoms with E-state index in [-0.39, 0.29) is 0 Å². The Morgan fingerprint density at radius 2 is 1.74 bits per heavy atom. The lowest BCUT2D eigenvalue weighted by Crippen LogP contribution is -2.46. The summed E-state index contributed by atoms with van der Waals surface area (Å²) in [6.07, 6.45) is 18.2. The second-order valence-corrected chi connectivity index (χ2v) is 13.1. The SMILES string of the molecule is CC(C(=O)O)n1ccnc1CN(Cc1ccc(CN2CCC3(CCN(C4CCCCC4)CC3)C2)cc1)Cc1ncc[nH]1. The highest BCUT2D eigenvalue weighted by Crippen LogP contribution is 2.42. The highest BCUT2D eigenvalue weighted by Gasteiger charge is 2.41. The minimum atomic E-state index is -0.865. The normalized spacial score (nSPS) is 20.9. The molecule has 1 atom stereocenters. The third-order valence-electron chi connectivity index (χ3n) is 10.1. The standard InChI is InChI=1S/C33H47N7O2/c1-26(32(41)42)40-20-16-36-31(40)24-38(23-30-34-14-15-35-30)22-28-9-7-27(8-10-28)21-37-17-11-33(25-37)12-18-39(19-13-33)29-5-3-2-4-6-29/h7-10,14-16,20,26,29H,2-6,11-13,17-19,21-25H2,1H3,(H,34,35)(H,41,42). The molecule has 2 N–H and O–H groups in total. The van der Waals surface area contributed by atoms with Crippen LogP contribution in [0.4, 0.5) is 0 Å². The summed E-state index contributed by atoms with van der Waals surface area (Å²) in [5, 5.41) is 9.53. The van der Waals surface area contributed by atoms with Crippen LogP contribution in [0.25, 0.3) is 0 Å². The summed E-state index contributed by atoms with van der Waals surface area (Å²) in [5.74, 6) is 0.750. The average molecular weight is 574 g/mol. The number of aliphatic carboxylic acids is 1. The number of carboxylic acids is 1. The predicted molar refractivity (Wildman–Crippen MR) is 163 cm³/mol. The van der Waals surface area contributed by atoms with E-state index in [1.807, 2.05) is 6.20 Å². The summed E-state index contributed by atoms with van der Waals surface area (Å²) in [5.41, 5.74) is 3.13. The van der Waals surface area contributed by atoms with Gasteiger partial charge in [0.1, 0.15) is 17.7 Å². The minimum absolute atomic E-state index is 0.529. The Kier molecular flexibility index (Phi) is 9.07. The molecule has 1 spiro atoms. The van der Waals surface area contributed by atoms with Crippen LogP contribution in [0, 0.1) is 5.41 Å². The molecule has 226 valence electrons. The average Bonchev–Trinajstić information content (AvgIpc) is 3.77. The first-order chi connectivity index (χ1) is 20.5. The van der Waals surface area contributed by atoms with Crippen molar-refractivity contribution in [3.8, 4) is 0 Å². The molecular formula is C33H47N7O2. The third-order valence-corrected chi connectivity index (χ3v) is 10.1. The largest absolute Gasteiger partial charge is 0.480 e. The summed E-state index contributed by atoms with van der Waals surface area (Å²) in [6, 6.07) is 9.24. The maximum Gasteiger partial charge on any atom is 0.326 e. The zero-order valence-electron chi connectivity index (χ0n) is 25.1. The van der Waals surface area contributed by atoms with Crippen molar-refractivity contribution >= 4 is 5.97 Å². The topological polar surface area (TPSA) is 93.5 Å². The van der Waals surface area contributed by atoms with E-state index in [1.54, 1.807) is 30.1 Å². The molecule has 9 heteroatoms. The van der Waals surface area contributed by atoms with Gasteiger partial charge < -0.3 is 19.6 Å². The highest BCUT2D eigenvalue weighted by molar-refractivity contribution is 5.71. The summed E-state index contributed by atoms with van der Waals surface area (Å²) in [6.45, 7) is 9.64. The van der Waals surface area contributed by atoms with Crippen LogP contribution < -0.4 is 0 Å². The van der Waals surface area contributed by atoms with E-state index < -0.39 is 12.0 Å². The Labute approximate surface area is 249 Å². The van der Waals surface area contributed by atoms with Gasteiger partial charge in [0, 0.05) is 50.5 Å². The number of carboxylic acid groups (broad SMARTS) is 1. The first-order valence-electron chi connectivity index (χ1n) is 16.0. The fraction of sp³-hybridized carbons (Fsp3) is 0.606. The summed E-state index contributed by atoms with van der Waals surface area (Å²) in [7, 11) is 0. The lowest BCUT2D eigenvalue weighted by atomic mass is 9.77. The van der Waals surface area contributed by atoms with Crippen molar-refractivity contribution in [2.45, 2.75) is 96.6 Å². The Morgan fingerprint density at radius 3 is 2.45 bits per heavy atom. The van der Waals surface area contributed by atoms with Crippen molar-refractivity contribution in [2.75, 3.05) is 26.2 Å². The van der Waals surface area contributed by atoms with Crippen molar-refractivity contribution in [1.82, 2.24) is 34.2 Å². The Morgan fingerprint density at radius 1 is 1.00 bits per heavy atom. The number of aromatic amines is 1. The summed E-state index contributed by atoms with van der Waals surface area (Å²) >= 11 is 0. The number of rotatable bonds is 11. The number of imidazole rings is 2. The molecule has 0 bridgehead atoms. The zero-order chi connectivity index (χ0) is 28.9. The quantitative estimate of drug-likeness (QED) is 0.331. The number of hydrogen-bond acceptors (Lipinski definition) is 6. The third kappa shape index (κ3) is 6.96. The number of H-pyrrole nitrogens is 1. The number of nitrogens with one attached hydrogen (secondary N) is 1. The van der Waals surface area contributed by atoms with E-state index in [1.165, 1.54) is 88.7 Å². The van der Waals surface area contributed by atoms with Crippen LogP contribution in [0.2, 0.25) is 0 Å². The molecule has 3 aliphatic rings. The van der Waals surface area contributed by atoms with Gasteiger partial charge >= 0.3 is 5.97 Å². The van der Waals surface area contributed by atoms with E-state index in [2.05, 4.69) is 53.9 Å². The number of nitrogens with zero attached hydrogens (tertiary/aromatic N) is 6. The molecule has 0 amide bonds. The van der Waals surface area contributed by atoms with Crippen molar-refractivity contribution < 1.29 is 9.90 Å². The fourth-order valence-corrected chi connectivity index (χ4v) is 7.55. The summed E-state index contributed by atoms with van der Waals surface area (Å²) < 4.78 is 1.74. The number of likely N-dealkylation sites (tertiary alicyclic amines) is 2. The zero-order valence-corrected chi connectivity index (χ0v) is 25.1. The molecule has 1 aromatic carbocycles. The molecule has 1 unspecified atom stereocenters. The van der Waals surface area contributed by atoms with Crippen molar-refractivity contribution in [2.24, 2.45) is 5.41 Å². The number of piperidine rings is 1. The number of carbonyl (C=O) groups is 1. The lowest BCUT2D eigenvalue weighted by Gasteiger charge is -2.43. The van der Waals surface area contributed by atoms with Crippen molar-refractivity contribution in [1.29, 1.82) is 0 Å². The second kappa shape index (κ2) is 13.1. The fourth-order valence-electron chi connectivity index (χ4n) is 7.55. The van der Waals surface area contributed by atoms with Crippen LogP contribution in [0.3, 0.4) is 0 Å². The van der Waals surface area contributed by atoms with Crippen LogP contribution in [0.1, 0.15) is 87.1 Å². The first kappa shape index (κ1) is 29.1. The lowest BCUT2D eigenvalue weighted by molar-refractivity contribution is -0.140. The maximum atomic E-state index is 11.6. The molecular weight excluding hydrogens is 526 g/mol. The van der Waals surface area contributed by atoms with Crippen LogP contribution in [0.15, 0.2) is 49.1 Å². The number of aromatic nitrogens is 4.